The smallest absolute Gasteiger partial charge is 0.191 e. The molecular weight excluding hydrogens is 433 g/mol. The number of aliphatic hydroxyl groups excluding tert-OH is 1. The number of nitrogens with zero attached hydrogens (tertiary/aromatic N) is 1. The molecule has 0 saturated heterocycles. The molecule has 0 bridgehead atoms. The SMILES string of the molecule is CCNC(=NCc1ccc(C)cc1SC)NCC1CCCC1O.I. The second kappa shape index (κ2) is 11.2. The van der Waals surface area contributed by atoms with Gasteiger partial charge in [0.2, 0.25) is 0 Å². The van der Waals surface area contributed by atoms with Crippen LogP contribution < -0.4 is 10.6 Å². The summed E-state index contributed by atoms with van der Waals surface area (Å²) in [7, 11) is 0. The number of benzene rings is 1. The number of aryl methyl sites for hydroxylation is 1. The summed E-state index contributed by atoms with van der Waals surface area (Å²) in [6.45, 7) is 6.48. The van der Waals surface area contributed by atoms with Crippen molar-refractivity contribution in [1.82, 2.24) is 10.6 Å². The molecule has 0 amide bonds. The minimum Gasteiger partial charge on any atom is -0.393 e. The fourth-order valence-corrected chi connectivity index (χ4v) is 3.67. The number of hydrogen-bond acceptors (Lipinski definition) is 3. The first-order valence-corrected chi connectivity index (χ1v) is 9.70. The zero-order valence-corrected chi connectivity index (χ0v) is 18.0. The summed E-state index contributed by atoms with van der Waals surface area (Å²) in [5.41, 5.74) is 2.53. The third-order valence-corrected chi connectivity index (χ3v) is 5.16. The largest absolute Gasteiger partial charge is 0.393 e. The Morgan fingerprint density at radius 3 is 2.75 bits per heavy atom. The Hall–Kier alpha value is -0.470. The molecule has 2 rings (SSSR count). The van der Waals surface area contributed by atoms with Gasteiger partial charge in [0, 0.05) is 23.9 Å². The maximum absolute atomic E-state index is 9.93. The van der Waals surface area contributed by atoms with E-state index in [9.17, 15) is 5.11 Å². The number of halogens is 1. The van der Waals surface area contributed by atoms with Crippen molar-refractivity contribution in [2.45, 2.75) is 50.7 Å². The lowest BCUT2D eigenvalue weighted by molar-refractivity contribution is 0.134. The third kappa shape index (κ3) is 6.44. The van der Waals surface area contributed by atoms with Crippen molar-refractivity contribution in [3.63, 3.8) is 0 Å². The first kappa shape index (κ1) is 21.6. The number of rotatable bonds is 6. The maximum atomic E-state index is 9.93. The van der Waals surface area contributed by atoms with Crippen LogP contribution in [0.4, 0.5) is 0 Å². The van der Waals surface area contributed by atoms with E-state index in [4.69, 9.17) is 4.99 Å². The van der Waals surface area contributed by atoms with Crippen LogP contribution in [0.3, 0.4) is 0 Å². The van der Waals surface area contributed by atoms with E-state index in [2.05, 4.69) is 48.9 Å². The molecule has 2 unspecified atom stereocenters. The molecule has 1 aliphatic carbocycles. The van der Waals surface area contributed by atoms with E-state index in [1.807, 2.05) is 0 Å². The molecule has 1 aliphatic rings. The summed E-state index contributed by atoms with van der Waals surface area (Å²) in [6.07, 6.45) is 5.10. The van der Waals surface area contributed by atoms with Crippen molar-refractivity contribution >= 4 is 41.7 Å². The van der Waals surface area contributed by atoms with Crippen LogP contribution in [0.5, 0.6) is 0 Å². The van der Waals surface area contributed by atoms with Crippen molar-refractivity contribution in [3.8, 4) is 0 Å². The van der Waals surface area contributed by atoms with Crippen LogP contribution in [0.2, 0.25) is 0 Å². The van der Waals surface area contributed by atoms with Crippen molar-refractivity contribution in [2.24, 2.45) is 10.9 Å². The van der Waals surface area contributed by atoms with Gasteiger partial charge in [0.15, 0.2) is 5.96 Å². The lowest BCUT2D eigenvalue weighted by Gasteiger charge is -2.18. The van der Waals surface area contributed by atoms with Gasteiger partial charge in [-0.25, -0.2) is 4.99 Å². The Balaban J connectivity index is 0.00000288. The Morgan fingerprint density at radius 2 is 2.12 bits per heavy atom. The minimum absolute atomic E-state index is 0. The molecule has 0 radical (unpaired) electrons. The Bertz CT molecular complexity index is 539. The average Bonchev–Trinajstić information content (AvgIpc) is 2.96. The molecule has 3 N–H and O–H groups in total. The monoisotopic (exact) mass is 463 g/mol. The first-order chi connectivity index (χ1) is 11.1. The van der Waals surface area contributed by atoms with Crippen LogP contribution >= 0.6 is 35.7 Å². The second-order valence-corrected chi connectivity index (χ2v) is 7.00. The van der Waals surface area contributed by atoms with E-state index in [0.717, 1.165) is 38.3 Å². The molecule has 0 spiro atoms. The Kier molecular flexibility index (Phi) is 10.1. The van der Waals surface area contributed by atoms with Crippen LogP contribution in [0.15, 0.2) is 28.1 Å². The highest BCUT2D eigenvalue weighted by atomic mass is 127. The highest BCUT2D eigenvalue weighted by molar-refractivity contribution is 14.0. The summed E-state index contributed by atoms with van der Waals surface area (Å²) in [6, 6.07) is 6.51. The Morgan fingerprint density at radius 1 is 1.33 bits per heavy atom. The van der Waals surface area contributed by atoms with Crippen molar-refractivity contribution in [2.75, 3.05) is 19.3 Å². The summed E-state index contributed by atoms with van der Waals surface area (Å²) in [5.74, 6) is 1.18. The van der Waals surface area contributed by atoms with Gasteiger partial charge in [-0.15, -0.1) is 35.7 Å². The molecule has 1 saturated carbocycles. The fraction of sp³-hybridized carbons (Fsp3) is 0.611. The molecule has 24 heavy (non-hydrogen) atoms. The van der Waals surface area contributed by atoms with Gasteiger partial charge in [0.1, 0.15) is 0 Å². The third-order valence-electron chi connectivity index (χ3n) is 4.34. The molecule has 136 valence electrons. The molecule has 0 heterocycles. The van der Waals surface area contributed by atoms with Gasteiger partial charge in [-0.05, 0) is 50.1 Å². The molecule has 4 nitrogen and oxygen atoms in total. The van der Waals surface area contributed by atoms with Crippen molar-refractivity contribution in [3.05, 3.63) is 29.3 Å². The van der Waals surface area contributed by atoms with E-state index in [1.165, 1.54) is 16.0 Å². The predicted octanol–water partition coefficient (Wildman–Crippen LogP) is 3.55. The van der Waals surface area contributed by atoms with Crippen LogP contribution in [-0.2, 0) is 6.54 Å². The van der Waals surface area contributed by atoms with Crippen LogP contribution in [0, 0.1) is 12.8 Å². The number of aliphatic hydroxyl groups is 1. The van der Waals surface area contributed by atoms with Gasteiger partial charge in [0.05, 0.1) is 12.6 Å². The predicted molar refractivity (Wildman–Crippen MR) is 115 cm³/mol. The second-order valence-electron chi connectivity index (χ2n) is 6.15. The number of aliphatic imine (C=N–C) groups is 1. The van der Waals surface area contributed by atoms with Gasteiger partial charge in [0.25, 0.3) is 0 Å². The molecule has 0 aliphatic heterocycles. The van der Waals surface area contributed by atoms with Crippen molar-refractivity contribution in [1.29, 1.82) is 0 Å². The van der Waals surface area contributed by atoms with E-state index in [0.29, 0.717) is 12.5 Å². The fourth-order valence-electron chi connectivity index (χ4n) is 2.97. The number of thioether (sulfide) groups is 1. The maximum Gasteiger partial charge on any atom is 0.191 e. The molecule has 1 aromatic rings. The first-order valence-electron chi connectivity index (χ1n) is 8.47. The lowest BCUT2D eigenvalue weighted by Crippen LogP contribution is -2.41. The highest BCUT2D eigenvalue weighted by Crippen LogP contribution is 2.25. The van der Waals surface area contributed by atoms with Crippen LogP contribution in [0.25, 0.3) is 0 Å². The molecule has 6 heteroatoms. The van der Waals surface area contributed by atoms with Gasteiger partial charge in [-0.2, -0.15) is 0 Å². The van der Waals surface area contributed by atoms with Crippen LogP contribution in [0.1, 0.15) is 37.3 Å². The minimum atomic E-state index is -0.162. The summed E-state index contributed by atoms with van der Waals surface area (Å²) < 4.78 is 0. The normalized spacial score (nSPS) is 20.6. The Labute approximate surface area is 167 Å². The molecule has 1 aromatic carbocycles. The van der Waals surface area contributed by atoms with E-state index in [-0.39, 0.29) is 30.1 Å². The van der Waals surface area contributed by atoms with E-state index >= 15 is 0 Å². The summed E-state index contributed by atoms with van der Waals surface area (Å²) in [5, 5.41) is 16.6. The topological polar surface area (TPSA) is 56.7 Å². The number of hydrogen-bond donors (Lipinski definition) is 3. The summed E-state index contributed by atoms with van der Waals surface area (Å²) >= 11 is 1.77. The molecule has 0 aromatic heterocycles. The molecule has 2 atom stereocenters. The highest BCUT2D eigenvalue weighted by Gasteiger charge is 2.24. The van der Waals surface area contributed by atoms with E-state index < -0.39 is 0 Å². The number of nitrogens with one attached hydrogen (secondary N) is 2. The standard InChI is InChI=1S/C18H29N3OS.HI/c1-4-19-18(20-11-14-6-5-7-16(14)22)21-12-15-9-8-13(2)10-17(15)23-3;/h8-10,14,16,22H,4-7,11-12H2,1-3H3,(H2,19,20,21);1H. The number of guanidine groups is 1. The van der Waals surface area contributed by atoms with E-state index in [1.54, 1.807) is 11.8 Å². The molecular formula is C18H30IN3OS. The van der Waals surface area contributed by atoms with Gasteiger partial charge < -0.3 is 15.7 Å². The molecule has 1 fully saturated rings. The zero-order valence-electron chi connectivity index (χ0n) is 14.8. The average molecular weight is 463 g/mol. The van der Waals surface area contributed by atoms with Gasteiger partial charge in [-0.3, -0.25) is 0 Å². The van der Waals surface area contributed by atoms with Gasteiger partial charge in [-0.1, -0.05) is 18.6 Å². The lowest BCUT2D eigenvalue weighted by atomic mass is 10.1. The van der Waals surface area contributed by atoms with Gasteiger partial charge >= 0.3 is 0 Å². The zero-order chi connectivity index (χ0) is 16.7. The van der Waals surface area contributed by atoms with Crippen molar-refractivity contribution < 1.29 is 5.11 Å². The van der Waals surface area contributed by atoms with Crippen LogP contribution in [-0.4, -0.2) is 36.5 Å². The quantitative estimate of drug-likeness (QED) is 0.262. The summed E-state index contributed by atoms with van der Waals surface area (Å²) in [4.78, 5) is 6.00.